The van der Waals surface area contributed by atoms with Crippen molar-refractivity contribution in [3.8, 4) is 0 Å². The highest BCUT2D eigenvalue weighted by molar-refractivity contribution is 6.02. The minimum absolute atomic E-state index is 0.0730. The predicted octanol–water partition coefficient (Wildman–Crippen LogP) is 1.63. The van der Waals surface area contributed by atoms with Crippen LogP contribution < -0.4 is 16.2 Å². The number of rotatable bonds is 4. The molecular weight excluding hydrogens is 296 g/mol. The molecule has 0 aliphatic rings. The number of hydrogen-bond acceptors (Lipinski definition) is 4. The van der Waals surface area contributed by atoms with Crippen LogP contribution in [0.5, 0.6) is 0 Å². The molecule has 2 aromatic rings. The van der Waals surface area contributed by atoms with E-state index in [-0.39, 0.29) is 23.1 Å². The second kappa shape index (κ2) is 6.87. The number of aryl methyl sites for hydroxylation is 1. The largest absolute Gasteiger partial charge is 0.326 e. The molecule has 0 fully saturated rings. The number of hydrogen-bond donors (Lipinski definition) is 2. The van der Waals surface area contributed by atoms with Crippen LogP contribution in [0.2, 0.25) is 0 Å². The average Bonchev–Trinajstić information content (AvgIpc) is 2.51. The quantitative estimate of drug-likeness (QED) is 0.897. The van der Waals surface area contributed by atoms with Crippen LogP contribution in [-0.2, 0) is 11.8 Å². The molecule has 0 saturated heterocycles. The zero-order valence-corrected chi connectivity index (χ0v) is 13.2. The van der Waals surface area contributed by atoms with E-state index in [9.17, 15) is 14.4 Å². The van der Waals surface area contributed by atoms with Gasteiger partial charge in [0.05, 0.1) is 0 Å². The smallest absolute Gasteiger partial charge is 0.276 e. The first kappa shape index (κ1) is 16.4. The SMILES string of the molecule is CC(C)C(=O)Nc1ccc(NC(=O)c2ccc(=O)n(C)n2)cc1. The number of amides is 2. The van der Waals surface area contributed by atoms with E-state index in [1.807, 2.05) is 13.8 Å². The van der Waals surface area contributed by atoms with Gasteiger partial charge in [-0.1, -0.05) is 13.8 Å². The Hall–Kier alpha value is -2.96. The van der Waals surface area contributed by atoms with Crippen molar-refractivity contribution in [1.82, 2.24) is 9.78 Å². The lowest BCUT2D eigenvalue weighted by Gasteiger charge is -2.09. The first-order chi connectivity index (χ1) is 10.9. The minimum atomic E-state index is -0.417. The Labute approximate surface area is 133 Å². The van der Waals surface area contributed by atoms with E-state index in [4.69, 9.17) is 0 Å². The lowest BCUT2D eigenvalue weighted by Crippen LogP contribution is -2.23. The Morgan fingerprint density at radius 1 is 1.00 bits per heavy atom. The molecule has 0 aliphatic carbocycles. The highest BCUT2D eigenvalue weighted by Crippen LogP contribution is 2.15. The van der Waals surface area contributed by atoms with E-state index in [0.717, 1.165) is 4.68 Å². The van der Waals surface area contributed by atoms with E-state index < -0.39 is 5.91 Å². The second-order valence-corrected chi connectivity index (χ2v) is 5.36. The number of anilines is 2. The number of carbonyl (C=O) groups is 2. The number of aromatic nitrogens is 2. The third kappa shape index (κ3) is 4.26. The summed E-state index contributed by atoms with van der Waals surface area (Å²) in [5, 5.41) is 9.32. The Morgan fingerprint density at radius 3 is 2.09 bits per heavy atom. The normalized spacial score (nSPS) is 10.4. The van der Waals surface area contributed by atoms with Crippen molar-refractivity contribution in [2.24, 2.45) is 13.0 Å². The van der Waals surface area contributed by atoms with Crippen LogP contribution in [0.3, 0.4) is 0 Å². The number of carbonyl (C=O) groups excluding carboxylic acids is 2. The molecule has 23 heavy (non-hydrogen) atoms. The summed E-state index contributed by atoms with van der Waals surface area (Å²) in [5.74, 6) is -0.596. The van der Waals surface area contributed by atoms with Gasteiger partial charge in [0.2, 0.25) is 5.91 Å². The fraction of sp³-hybridized carbons (Fsp3) is 0.250. The van der Waals surface area contributed by atoms with Gasteiger partial charge >= 0.3 is 0 Å². The van der Waals surface area contributed by atoms with Crippen molar-refractivity contribution < 1.29 is 9.59 Å². The maximum Gasteiger partial charge on any atom is 0.276 e. The molecule has 1 aromatic heterocycles. The van der Waals surface area contributed by atoms with Gasteiger partial charge < -0.3 is 10.6 Å². The maximum atomic E-state index is 12.1. The molecule has 2 rings (SSSR count). The summed E-state index contributed by atoms with van der Waals surface area (Å²) in [6.07, 6.45) is 0. The first-order valence-corrected chi connectivity index (χ1v) is 7.13. The van der Waals surface area contributed by atoms with E-state index >= 15 is 0 Å². The Balaban J connectivity index is 2.05. The van der Waals surface area contributed by atoms with Gasteiger partial charge in [-0.3, -0.25) is 14.4 Å². The van der Waals surface area contributed by atoms with Crippen molar-refractivity contribution in [2.45, 2.75) is 13.8 Å². The standard InChI is InChI=1S/C16H18N4O3/c1-10(2)15(22)17-11-4-6-12(7-5-11)18-16(23)13-8-9-14(21)20(3)19-13/h4-10H,1-3H3,(H,17,22)(H,18,23). The van der Waals surface area contributed by atoms with Gasteiger partial charge in [-0.25, -0.2) is 4.68 Å². The van der Waals surface area contributed by atoms with Gasteiger partial charge in [-0.2, -0.15) is 5.10 Å². The number of benzene rings is 1. The molecule has 0 saturated carbocycles. The Morgan fingerprint density at radius 2 is 1.57 bits per heavy atom. The van der Waals surface area contributed by atoms with Crippen molar-refractivity contribution in [3.05, 3.63) is 52.4 Å². The molecule has 0 aliphatic heterocycles. The fourth-order valence-electron chi connectivity index (χ4n) is 1.74. The molecule has 7 nitrogen and oxygen atoms in total. The molecule has 2 N–H and O–H groups in total. The monoisotopic (exact) mass is 314 g/mol. The molecule has 0 bridgehead atoms. The zero-order chi connectivity index (χ0) is 17.0. The van der Waals surface area contributed by atoms with E-state index in [1.54, 1.807) is 24.3 Å². The van der Waals surface area contributed by atoms with Crippen LogP contribution in [0.25, 0.3) is 0 Å². The minimum Gasteiger partial charge on any atom is -0.326 e. The summed E-state index contributed by atoms with van der Waals surface area (Å²) in [4.78, 5) is 34.9. The van der Waals surface area contributed by atoms with Crippen LogP contribution in [0.15, 0.2) is 41.2 Å². The molecule has 0 spiro atoms. The molecule has 0 radical (unpaired) electrons. The topological polar surface area (TPSA) is 93.1 Å². The van der Waals surface area contributed by atoms with Crippen LogP contribution in [0.1, 0.15) is 24.3 Å². The number of nitrogens with one attached hydrogen (secondary N) is 2. The van der Waals surface area contributed by atoms with Crippen molar-refractivity contribution >= 4 is 23.2 Å². The third-order valence-electron chi connectivity index (χ3n) is 3.13. The fourth-order valence-corrected chi connectivity index (χ4v) is 1.74. The molecule has 1 heterocycles. The van der Waals surface area contributed by atoms with Gasteiger partial charge in [0, 0.05) is 30.4 Å². The van der Waals surface area contributed by atoms with Crippen molar-refractivity contribution in [2.75, 3.05) is 10.6 Å². The van der Waals surface area contributed by atoms with E-state index in [1.165, 1.54) is 19.2 Å². The van der Waals surface area contributed by atoms with Gasteiger partial charge in [-0.05, 0) is 30.3 Å². The summed E-state index contributed by atoms with van der Waals surface area (Å²) < 4.78 is 1.10. The second-order valence-electron chi connectivity index (χ2n) is 5.36. The molecule has 1 aromatic carbocycles. The van der Waals surface area contributed by atoms with Gasteiger partial charge in [0.1, 0.15) is 5.69 Å². The molecule has 0 unspecified atom stereocenters. The lowest BCUT2D eigenvalue weighted by atomic mass is 10.2. The summed E-state index contributed by atoms with van der Waals surface area (Å²) in [6, 6.07) is 9.40. The predicted molar refractivity (Wildman–Crippen MR) is 87.3 cm³/mol. The molecule has 120 valence electrons. The highest BCUT2D eigenvalue weighted by atomic mass is 16.2. The van der Waals surface area contributed by atoms with Crippen LogP contribution in [0, 0.1) is 5.92 Å². The van der Waals surface area contributed by atoms with Crippen molar-refractivity contribution in [1.29, 1.82) is 0 Å². The van der Waals surface area contributed by atoms with E-state index in [2.05, 4.69) is 15.7 Å². The number of nitrogens with zero attached hydrogens (tertiary/aromatic N) is 2. The summed E-state index contributed by atoms with van der Waals surface area (Å²) in [7, 11) is 1.48. The van der Waals surface area contributed by atoms with Gasteiger partial charge in [-0.15, -0.1) is 0 Å². The Kier molecular flexibility index (Phi) is 4.90. The maximum absolute atomic E-state index is 12.1. The van der Waals surface area contributed by atoms with Gasteiger partial charge in [0.15, 0.2) is 0 Å². The average molecular weight is 314 g/mol. The summed E-state index contributed by atoms with van der Waals surface area (Å²) >= 11 is 0. The van der Waals surface area contributed by atoms with E-state index in [0.29, 0.717) is 11.4 Å². The zero-order valence-electron chi connectivity index (χ0n) is 13.2. The molecule has 2 amide bonds. The van der Waals surface area contributed by atoms with Gasteiger partial charge in [0.25, 0.3) is 11.5 Å². The summed E-state index contributed by atoms with van der Waals surface area (Å²) in [6.45, 7) is 3.62. The molecule has 0 atom stereocenters. The molecular formula is C16H18N4O3. The third-order valence-corrected chi connectivity index (χ3v) is 3.13. The lowest BCUT2D eigenvalue weighted by molar-refractivity contribution is -0.118. The first-order valence-electron chi connectivity index (χ1n) is 7.13. The molecule has 7 heteroatoms. The van der Waals surface area contributed by atoms with Crippen LogP contribution in [0.4, 0.5) is 11.4 Å². The van der Waals surface area contributed by atoms with Crippen molar-refractivity contribution in [3.63, 3.8) is 0 Å². The van der Waals surface area contributed by atoms with Crippen LogP contribution >= 0.6 is 0 Å². The van der Waals surface area contributed by atoms with Crippen LogP contribution in [-0.4, -0.2) is 21.6 Å². The highest BCUT2D eigenvalue weighted by Gasteiger charge is 2.10. The Bertz CT molecular complexity index is 779. The summed E-state index contributed by atoms with van der Waals surface area (Å²) in [5.41, 5.74) is 1.08.